The third kappa shape index (κ3) is 5.11. The maximum Gasteiger partial charge on any atom is 0.259 e. The highest BCUT2D eigenvalue weighted by atomic mass is 35.5. The van der Waals surface area contributed by atoms with Gasteiger partial charge >= 0.3 is 0 Å². The Labute approximate surface area is 201 Å². The molecule has 170 valence electrons. The SMILES string of the molecule is CC1Cc2cc(C(=O)Nc3c(O)cc(Cl)cc3C(=O)Nc3ccc(Cl)cn3)ccc2CN1C. The third-order valence-electron chi connectivity index (χ3n) is 5.69. The lowest BCUT2D eigenvalue weighted by atomic mass is 9.93. The summed E-state index contributed by atoms with van der Waals surface area (Å²) < 4.78 is 0. The van der Waals surface area contributed by atoms with Crippen molar-refractivity contribution < 1.29 is 14.7 Å². The Morgan fingerprint density at radius 1 is 1.03 bits per heavy atom. The molecule has 1 unspecified atom stereocenters. The van der Waals surface area contributed by atoms with Crippen LogP contribution in [-0.4, -0.2) is 39.9 Å². The van der Waals surface area contributed by atoms with Gasteiger partial charge in [0.15, 0.2) is 0 Å². The van der Waals surface area contributed by atoms with Crippen LogP contribution in [-0.2, 0) is 13.0 Å². The summed E-state index contributed by atoms with van der Waals surface area (Å²) in [5.74, 6) is -1.10. The minimum atomic E-state index is -0.597. The van der Waals surface area contributed by atoms with Crippen LogP contribution in [0.25, 0.3) is 0 Å². The molecule has 3 aromatic rings. The van der Waals surface area contributed by atoms with Crippen LogP contribution in [0.15, 0.2) is 48.7 Å². The first-order valence-corrected chi connectivity index (χ1v) is 11.1. The lowest BCUT2D eigenvalue weighted by Crippen LogP contribution is -2.35. The lowest BCUT2D eigenvalue weighted by Gasteiger charge is -2.31. The van der Waals surface area contributed by atoms with Gasteiger partial charge in [-0.15, -0.1) is 0 Å². The van der Waals surface area contributed by atoms with Crippen molar-refractivity contribution in [1.82, 2.24) is 9.88 Å². The van der Waals surface area contributed by atoms with Gasteiger partial charge in [0.05, 0.1) is 16.3 Å². The summed E-state index contributed by atoms with van der Waals surface area (Å²) in [6, 6.07) is 11.7. The molecule has 7 nitrogen and oxygen atoms in total. The molecule has 0 radical (unpaired) electrons. The van der Waals surface area contributed by atoms with Gasteiger partial charge in [-0.1, -0.05) is 29.3 Å². The molecule has 33 heavy (non-hydrogen) atoms. The lowest BCUT2D eigenvalue weighted by molar-refractivity contribution is 0.102. The van der Waals surface area contributed by atoms with Crippen LogP contribution in [0.5, 0.6) is 5.75 Å². The van der Waals surface area contributed by atoms with Crippen molar-refractivity contribution in [3.63, 3.8) is 0 Å². The quantitative estimate of drug-likeness (QED) is 0.454. The van der Waals surface area contributed by atoms with E-state index in [1.54, 1.807) is 12.1 Å². The smallest absolute Gasteiger partial charge is 0.259 e. The van der Waals surface area contributed by atoms with E-state index < -0.39 is 11.8 Å². The molecule has 4 rings (SSSR count). The van der Waals surface area contributed by atoms with E-state index in [0.717, 1.165) is 18.5 Å². The van der Waals surface area contributed by atoms with Gasteiger partial charge in [-0.2, -0.15) is 0 Å². The summed E-state index contributed by atoms with van der Waals surface area (Å²) in [5, 5.41) is 16.3. The van der Waals surface area contributed by atoms with Crippen LogP contribution in [0.1, 0.15) is 38.8 Å². The molecular weight excluding hydrogens is 463 g/mol. The summed E-state index contributed by atoms with van der Waals surface area (Å²) in [5.41, 5.74) is 2.68. The number of likely N-dealkylation sites (N-methyl/N-ethyl adjacent to an activating group) is 1. The van der Waals surface area contributed by atoms with Gasteiger partial charge in [-0.3, -0.25) is 14.5 Å². The number of nitrogens with one attached hydrogen (secondary N) is 2. The zero-order valence-electron chi connectivity index (χ0n) is 18.0. The predicted molar refractivity (Wildman–Crippen MR) is 129 cm³/mol. The van der Waals surface area contributed by atoms with Crippen molar-refractivity contribution in [2.75, 3.05) is 17.7 Å². The minimum absolute atomic E-state index is 0.00157. The van der Waals surface area contributed by atoms with Gasteiger partial charge in [0, 0.05) is 35.4 Å². The second kappa shape index (κ2) is 9.39. The normalized spacial score (nSPS) is 15.6. The number of nitrogens with zero attached hydrogens (tertiary/aromatic N) is 2. The maximum atomic E-state index is 13.0. The molecule has 1 aliphatic heterocycles. The predicted octanol–water partition coefficient (Wildman–Crippen LogP) is 4.98. The molecular formula is C24H22Cl2N4O3. The summed E-state index contributed by atoms with van der Waals surface area (Å²) >= 11 is 11.9. The maximum absolute atomic E-state index is 13.0. The zero-order valence-corrected chi connectivity index (χ0v) is 19.5. The van der Waals surface area contributed by atoms with Crippen molar-refractivity contribution in [2.45, 2.75) is 25.9 Å². The number of fused-ring (bicyclic) bond motifs is 1. The van der Waals surface area contributed by atoms with Crippen molar-refractivity contribution in [1.29, 1.82) is 0 Å². The fraction of sp³-hybridized carbons (Fsp3) is 0.208. The summed E-state index contributed by atoms with van der Waals surface area (Å²) in [4.78, 5) is 32.2. The highest BCUT2D eigenvalue weighted by Gasteiger charge is 2.23. The van der Waals surface area contributed by atoms with Crippen LogP contribution in [0.3, 0.4) is 0 Å². The number of carbonyl (C=O) groups excluding carboxylic acids is 2. The van der Waals surface area contributed by atoms with Crippen LogP contribution >= 0.6 is 23.2 Å². The Morgan fingerprint density at radius 3 is 2.55 bits per heavy atom. The molecule has 0 aliphatic carbocycles. The molecule has 2 amide bonds. The van der Waals surface area contributed by atoms with Gasteiger partial charge in [-0.05, 0) is 61.9 Å². The Kier molecular flexibility index (Phi) is 6.56. The molecule has 2 heterocycles. The summed E-state index contributed by atoms with van der Waals surface area (Å²) in [7, 11) is 2.07. The third-order valence-corrected chi connectivity index (χ3v) is 6.13. The minimum Gasteiger partial charge on any atom is -0.506 e. The molecule has 0 bridgehead atoms. The second-order valence-electron chi connectivity index (χ2n) is 8.07. The van der Waals surface area contributed by atoms with Gasteiger partial charge in [0.25, 0.3) is 11.8 Å². The molecule has 0 saturated carbocycles. The number of halogens is 2. The molecule has 9 heteroatoms. The van der Waals surface area contributed by atoms with Crippen LogP contribution in [0.2, 0.25) is 10.0 Å². The number of benzene rings is 2. The van der Waals surface area contributed by atoms with Crippen molar-refractivity contribution in [3.05, 3.63) is 81.0 Å². The highest BCUT2D eigenvalue weighted by molar-refractivity contribution is 6.32. The fourth-order valence-corrected chi connectivity index (χ4v) is 4.06. The number of amides is 2. The topological polar surface area (TPSA) is 94.6 Å². The Morgan fingerprint density at radius 2 is 1.82 bits per heavy atom. The Hall–Kier alpha value is -3.13. The molecule has 1 aromatic heterocycles. The summed E-state index contributed by atoms with van der Waals surface area (Å²) in [6.45, 7) is 2.96. The average Bonchev–Trinajstić information content (AvgIpc) is 2.77. The fourth-order valence-electron chi connectivity index (χ4n) is 3.73. The number of hydrogen-bond donors (Lipinski definition) is 3. The molecule has 0 fully saturated rings. The number of aromatic hydroxyl groups is 1. The van der Waals surface area contributed by atoms with Gasteiger partial charge in [0.2, 0.25) is 0 Å². The molecule has 3 N–H and O–H groups in total. The van der Waals surface area contributed by atoms with Gasteiger partial charge in [-0.25, -0.2) is 4.98 Å². The summed E-state index contributed by atoms with van der Waals surface area (Å²) in [6.07, 6.45) is 2.23. The van der Waals surface area contributed by atoms with E-state index in [-0.39, 0.29) is 27.8 Å². The number of anilines is 2. The van der Waals surface area contributed by atoms with Gasteiger partial charge < -0.3 is 15.7 Å². The Bertz CT molecular complexity index is 1230. The molecule has 1 aliphatic rings. The first kappa shape index (κ1) is 23.0. The van der Waals surface area contributed by atoms with Crippen LogP contribution in [0.4, 0.5) is 11.5 Å². The highest BCUT2D eigenvalue weighted by Crippen LogP contribution is 2.33. The van der Waals surface area contributed by atoms with Crippen LogP contribution in [0, 0.1) is 0 Å². The second-order valence-corrected chi connectivity index (χ2v) is 8.94. The average molecular weight is 485 g/mol. The number of phenols is 1. The van der Waals surface area contributed by atoms with Crippen molar-refractivity contribution >= 4 is 46.5 Å². The first-order chi connectivity index (χ1) is 15.7. The standard InChI is InChI=1S/C24H22Cl2N4O3/c1-13-7-16-8-14(3-4-15(16)12-30(13)2)23(32)29-22-19(9-18(26)10-20(22)31)24(33)28-21-6-5-17(25)11-27-21/h3-6,8-11,13,31H,7,12H2,1-2H3,(H,29,32)(H,27,28,33). The van der Waals surface area contributed by atoms with E-state index in [9.17, 15) is 14.7 Å². The number of phenolic OH excluding ortho intramolecular Hbond substituents is 1. The van der Waals surface area contributed by atoms with E-state index in [1.807, 2.05) is 12.1 Å². The van der Waals surface area contributed by atoms with E-state index in [0.29, 0.717) is 16.6 Å². The first-order valence-electron chi connectivity index (χ1n) is 10.3. The number of carbonyl (C=O) groups is 2. The molecule has 2 aromatic carbocycles. The number of aromatic nitrogens is 1. The molecule has 0 spiro atoms. The Balaban J connectivity index is 1.60. The zero-order chi connectivity index (χ0) is 23.7. The van der Waals surface area contributed by atoms with Gasteiger partial charge in [0.1, 0.15) is 11.6 Å². The molecule has 1 atom stereocenters. The van der Waals surface area contributed by atoms with E-state index in [1.165, 1.54) is 30.0 Å². The number of hydrogen-bond acceptors (Lipinski definition) is 5. The number of rotatable bonds is 4. The largest absolute Gasteiger partial charge is 0.506 e. The van der Waals surface area contributed by atoms with Crippen molar-refractivity contribution in [3.8, 4) is 5.75 Å². The van der Waals surface area contributed by atoms with E-state index >= 15 is 0 Å². The number of pyridine rings is 1. The monoisotopic (exact) mass is 484 g/mol. The van der Waals surface area contributed by atoms with E-state index in [4.69, 9.17) is 23.2 Å². The van der Waals surface area contributed by atoms with Crippen LogP contribution < -0.4 is 10.6 Å². The van der Waals surface area contributed by atoms with Crippen molar-refractivity contribution in [2.24, 2.45) is 0 Å². The van der Waals surface area contributed by atoms with E-state index in [2.05, 4.69) is 34.5 Å². The molecule has 0 saturated heterocycles.